The van der Waals surface area contributed by atoms with Crippen LogP contribution in [0.4, 0.5) is 0 Å². The van der Waals surface area contributed by atoms with Gasteiger partial charge in [0, 0.05) is 25.1 Å². The van der Waals surface area contributed by atoms with Crippen LogP contribution in [0.5, 0.6) is 5.75 Å². The van der Waals surface area contributed by atoms with Crippen LogP contribution in [0, 0.1) is 0 Å². The van der Waals surface area contributed by atoms with Crippen molar-refractivity contribution in [2.45, 2.75) is 40.3 Å². The SMILES string of the molecule is CCC(=O)c1ccc(OCC(=O)NCc2ccc(CN(CC)CC)cc2)cc1. The van der Waals surface area contributed by atoms with Crippen LogP contribution in [0.25, 0.3) is 0 Å². The van der Waals surface area contributed by atoms with Crippen molar-refractivity contribution >= 4 is 11.7 Å². The van der Waals surface area contributed by atoms with Gasteiger partial charge < -0.3 is 10.1 Å². The van der Waals surface area contributed by atoms with Gasteiger partial charge in [0.25, 0.3) is 5.91 Å². The third-order valence-corrected chi connectivity index (χ3v) is 4.68. The Bertz CT molecular complexity index is 750. The molecule has 0 spiro atoms. The molecule has 5 nitrogen and oxygen atoms in total. The van der Waals surface area contributed by atoms with Crippen molar-refractivity contribution in [3.05, 3.63) is 65.2 Å². The average Bonchev–Trinajstić information content (AvgIpc) is 2.75. The highest BCUT2D eigenvalue weighted by Crippen LogP contribution is 2.13. The number of hydrogen-bond acceptors (Lipinski definition) is 4. The van der Waals surface area contributed by atoms with E-state index >= 15 is 0 Å². The molecule has 5 heteroatoms. The van der Waals surface area contributed by atoms with E-state index in [-0.39, 0.29) is 18.3 Å². The number of nitrogens with zero attached hydrogens (tertiary/aromatic N) is 1. The van der Waals surface area contributed by atoms with E-state index in [1.165, 1.54) is 5.56 Å². The van der Waals surface area contributed by atoms with Crippen LogP contribution in [-0.4, -0.2) is 36.3 Å². The summed E-state index contributed by atoms with van der Waals surface area (Å²) in [5.41, 5.74) is 2.98. The van der Waals surface area contributed by atoms with Gasteiger partial charge in [0.1, 0.15) is 5.75 Å². The number of amides is 1. The molecule has 0 heterocycles. The number of benzene rings is 2. The molecule has 0 saturated carbocycles. The molecule has 28 heavy (non-hydrogen) atoms. The van der Waals surface area contributed by atoms with Crippen molar-refractivity contribution in [1.29, 1.82) is 0 Å². The van der Waals surface area contributed by atoms with Gasteiger partial charge in [-0.15, -0.1) is 0 Å². The van der Waals surface area contributed by atoms with Gasteiger partial charge in [-0.05, 0) is 48.5 Å². The summed E-state index contributed by atoms with van der Waals surface area (Å²) in [7, 11) is 0. The molecule has 2 rings (SSSR count). The zero-order valence-corrected chi connectivity index (χ0v) is 17.0. The molecule has 0 aliphatic carbocycles. The molecule has 0 saturated heterocycles. The van der Waals surface area contributed by atoms with Crippen molar-refractivity contribution in [2.75, 3.05) is 19.7 Å². The van der Waals surface area contributed by atoms with Crippen LogP contribution in [0.1, 0.15) is 48.7 Å². The topological polar surface area (TPSA) is 58.6 Å². The number of ether oxygens (including phenoxy) is 1. The molecule has 2 aromatic carbocycles. The minimum absolute atomic E-state index is 0.0544. The molecular weight excluding hydrogens is 352 g/mol. The maximum atomic E-state index is 12.0. The Morgan fingerprint density at radius 1 is 0.893 bits per heavy atom. The van der Waals surface area contributed by atoms with Crippen LogP contribution < -0.4 is 10.1 Å². The van der Waals surface area contributed by atoms with Crippen molar-refractivity contribution in [2.24, 2.45) is 0 Å². The fraction of sp³-hybridized carbons (Fsp3) is 0.391. The van der Waals surface area contributed by atoms with Crippen LogP contribution in [-0.2, 0) is 17.9 Å². The van der Waals surface area contributed by atoms with Crippen molar-refractivity contribution < 1.29 is 14.3 Å². The molecule has 0 fully saturated rings. The minimum atomic E-state index is -0.180. The normalized spacial score (nSPS) is 10.7. The summed E-state index contributed by atoms with van der Waals surface area (Å²) in [4.78, 5) is 26.0. The highest BCUT2D eigenvalue weighted by Gasteiger charge is 2.06. The summed E-state index contributed by atoms with van der Waals surface area (Å²) in [5, 5.41) is 2.86. The lowest BCUT2D eigenvalue weighted by Gasteiger charge is -2.18. The standard InChI is InChI=1S/C23H30N2O3/c1-4-22(26)20-11-13-21(14-12-20)28-17-23(27)24-15-18-7-9-19(10-8-18)16-25(5-2)6-3/h7-14H,4-6,15-17H2,1-3H3,(H,24,27). The Morgan fingerprint density at radius 2 is 1.50 bits per heavy atom. The largest absolute Gasteiger partial charge is 0.484 e. The number of carbonyl (C=O) groups excluding carboxylic acids is 2. The molecule has 0 atom stereocenters. The second-order valence-electron chi connectivity index (χ2n) is 6.64. The molecule has 0 radical (unpaired) electrons. The first kappa shape index (κ1) is 21.6. The molecule has 0 aromatic heterocycles. The van der Waals surface area contributed by atoms with Gasteiger partial charge in [-0.3, -0.25) is 14.5 Å². The summed E-state index contributed by atoms with van der Waals surface area (Å²) in [6, 6.07) is 15.2. The van der Waals surface area contributed by atoms with Crippen LogP contribution in [0.3, 0.4) is 0 Å². The quantitative estimate of drug-likeness (QED) is 0.600. The van der Waals surface area contributed by atoms with E-state index < -0.39 is 0 Å². The predicted octanol–water partition coefficient (Wildman–Crippen LogP) is 3.82. The first-order valence-electron chi connectivity index (χ1n) is 9.88. The second-order valence-corrected chi connectivity index (χ2v) is 6.64. The zero-order valence-electron chi connectivity index (χ0n) is 17.0. The van der Waals surface area contributed by atoms with E-state index in [1.807, 2.05) is 19.1 Å². The first-order valence-corrected chi connectivity index (χ1v) is 9.88. The maximum absolute atomic E-state index is 12.0. The van der Waals surface area contributed by atoms with Gasteiger partial charge in [-0.1, -0.05) is 45.0 Å². The third-order valence-electron chi connectivity index (χ3n) is 4.68. The molecule has 2 aromatic rings. The molecule has 1 N–H and O–H groups in total. The number of carbonyl (C=O) groups is 2. The zero-order chi connectivity index (χ0) is 20.4. The van der Waals surface area contributed by atoms with Gasteiger partial charge in [-0.25, -0.2) is 0 Å². The van der Waals surface area contributed by atoms with Gasteiger partial charge in [0.15, 0.2) is 12.4 Å². The monoisotopic (exact) mass is 382 g/mol. The summed E-state index contributed by atoms with van der Waals surface area (Å²) >= 11 is 0. The second kappa shape index (κ2) is 11.2. The Balaban J connectivity index is 1.75. The van der Waals surface area contributed by atoms with Crippen LogP contribution >= 0.6 is 0 Å². The molecule has 0 aliphatic rings. The smallest absolute Gasteiger partial charge is 0.258 e. The van der Waals surface area contributed by atoms with Crippen molar-refractivity contribution in [1.82, 2.24) is 10.2 Å². The lowest BCUT2D eigenvalue weighted by molar-refractivity contribution is -0.123. The Labute approximate surface area is 167 Å². The number of ketones is 1. The first-order chi connectivity index (χ1) is 13.5. The highest BCUT2D eigenvalue weighted by atomic mass is 16.5. The number of hydrogen-bond donors (Lipinski definition) is 1. The molecule has 0 unspecified atom stereocenters. The predicted molar refractivity (Wildman–Crippen MR) is 111 cm³/mol. The van der Waals surface area contributed by atoms with Gasteiger partial charge in [0.05, 0.1) is 0 Å². The molecular formula is C23H30N2O3. The fourth-order valence-corrected chi connectivity index (χ4v) is 2.81. The maximum Gasteiger partial charge on any atom is 0.258 e. The Morgan fingerprint density at radius 3 is 2.07 bits per heavy atom. The van der Waals surface area contributed by atoms with E-state index in [2.05, 4.69) is 36.2 Å². The summed E-state index contributed by atoms with van der Waals surface area (Å²) in [5.74, 6) is 0.483. The van der Waals surface area contributed by atoms with E-state index in [0.29, 0.717) is 24.3 Å². The molecule has 0 bridgehead atoms. The van der Waals surface area contributed by atoms with Crippen LogP contribution in [0.15, 0.2) is 48.5 Å². The van der Waals surface area contributed by atoms with Gasteiger partial charge >= 0.3 is 0 Å². The number of Topliss-reactive ketones (excluding diaryl/α,β-unsaturated/α-hetero) is 1. The average molecular weight is 383 g/mol. The molecule has 150 valence electrons. The van der Waals surface area contributed by atoms with Crippen LogP contribution in [0.2, 0.25) is 0 Å². The van der Waals surface area contributed by atoms with Gasteiger partial charge in [0.2, 0.25) is 0 Å². The van der Waals surface area contributed by atoms with Crippen molar-refractivity contribution in [3.63, 3.8) is 0 Å². The minimum Gasteiger partial charge on any atom is -0.484 e. The summed E-state index contributed by atoms with van der Waals surface area (Å²) in [6.45, 7) is 9.57. The van der Waals surface area contributed by atoms with E-state index in [1.54, 1.807) is 24.3 Å². The summed E-state index contributed by atoms with van der Waals surface area (Å²) < 4.78 is 5.48. The highest BCUT2D eigenvalue weighted by molar-refractivity contribution is 5.95. The Hall–Kier alpha value is -2.66. The number of nitrogens with one attached hydrogen (secondary N) is 1. The lowest BCUT2D eigenvalue weighted by Crippen LogP contribution is -2.28. The van der Waals surface area contributed by atoms with Gasteiger partial charge in [-0.2, -0.15) is 0 Å². The third kappa shape index (κ3) is 6.82. The lowest BCUT2D eigenvalue weighted by atomic mass is 10.1. The van der Waals surface area contributed by atoms with E-state index in [4.69, 9.17) is 4.74 Å². The number of rotatable bonds is 11. The summed E-state index contributed by atoms with van der Waals surface area (Å²) in [6.07, 6.45) is 0.471. The van der Waals surface area contributed by atoms with E-state index in [9.17, 15) is 9.59 Å². The van der Waals surface area contributed by atoms with E-state index in [0.717, 1.165) is 25.2 Å². The molecule has 1 amide bonds. The molecule has 0 aliphatic heterocycles. The fourth-order valence-electron chi connectivity index (χ4n) is 2.81. The van der Waals surface area contributed by atoms with Crippen molar-refractivity contribution in [3.8, 4) is 5.75 Å². The Kier molecular flexibility index (Phi) is 8.69.